The van der Waals surface area contributed by atoms with Gasteiger partial charge in [-0.25, -0.2) is 4.39 Å². The van der Waals surface area contributed by atoms with E-state index < -0.39 is 5.82 Å². The second kappa shape index (κ2) is 4.99. The Hall–Kier alpha value is -2.31. The monoisotopic (exact) mass is 284 g/mol. The van der Waals surface area contributed by atoms with Crippen molar-refractivity contribution in [1.29, 1.82) is 5.26 Å². The van der Waals surface area contributed by atoms with Gasteiger partial charge in [0.2, 0.25) is 0 Å². The van der Waals surface area contributed by atoms with Crippen molar-refractivity contribution in [2.45, 2.75) is 6.54 Å². The lowest BCUT2D eigenvalue weighted by Crippen LogP contribution is -2.01. The molecule has 0 atom stereocenters. The van der Waals surface area contributed by atoms with Crippen LogP contribution < -0.4 is 0 Å². The fourth-order valence-corrected chi connectivity index (χ4v) is 2.44. The third-order valence-corrected chi connectivity index (χ3v) is 3.57. The standard InChI is InChI=1S/C16H10ClFN2/c17-14-3-1-2-13(16(14)18)10-20-7-6-12-5-4-11(9-19)8-15(12)20/h1-8H,10H2. The van der Waals surface area contributed by atoms with Gasteiger partial charge in [-0.3, -0.25) is 0 Å². The van der Waals surface area contributed by atoms with Crippen LogP contribution in [0.2, 0.25) is 5.02 Å². The molecule has 3 rings (SSSR count). The van der Waals surface area contributed by atoms with Crippen molar-refractivity contribution < 1.29 is 4.39 Å². The van der Waals surface area contributed by atoms with Crippen LogP contribution in [0.1, 0.15) is 11.1 Å². The highest BCUT2D eigenvalue weighted by molar-refractivity contribution is 6.30. The second-order valence-electron chi connectivity index (χ2n) is 4.54. The Bertz CT molecular complexity index is 830. The van der Waals surface area contributed by atoms with Crippen LogP contribution in [0.5, 0.6) is 0 Å². The van der Waals surface area contributed by atoms with Crippen LogP contribution in [0.25, 0.3) is 10.9 Å². The molecule has 98 valence electrons. The minimum Gasteiger partial charge on any atom is -0.343 e. The first-order chi connectivity index (χ1) is 9.69. The highest BCUT2D eigenvalue weighted by Gasteiger charge is 2.08. The minimum absolute atomic E-state index is 0.122. The maximum Gasteiger partial charge on any atom is 0.146 e. The van der Waals surface area contributed by atoms with Crippen LogP contribution in [-0.4, -0.2) is 4.57 Å². The van der Waals surface area contributed by atoms with E-state index in [1.807, 2.05) is 22.9 Å². The Morgan fingerprint density at radius 3 is 2.85 bits per heavy atom. The average molecular weight is 285 g/mol. The summed E-state index contributed by atoms with van der Waals surface area (Å²) >= 11 is 5.79. The molecule has 2 aromatic carbocycles. The molecule has 0 fully saturated rings. The Kier molecular flexibility index (Phi) is 3.17. The summed E-state index contributed by atoms with van der Waals surface area (Å²) in [5, 5.41) is 10.1. The molecule has 0 bridgehead atoms. The fraction of sp³-hybridized carbons (Fsp3) is 0.0625. The SMILES string of the molecule is N#Cc1ccc2ccn(Cc3cccc(Cl)c3F)c2c1. The summed E-state index contributed by atoms with van der Waals surface area (Å²) in [6.07, 6.45) is 1.88. The fourth-order valence-electron chi connectivity index (χ4n) is 2.25. The number of hydrogen-bond acceptors (Lipinski definition) is 1. The first-order valence-electron chi connectivity index (χ1n) is 6.11. The maximum absolute atomic E-state index is 13.9. The third-order valence-electron chi connectivity index (χ3n) is 3.28. The van der Waals surface area contributed by atoms with Crippen molar-refractivity contribution in [2.75, 3.05) is 0 Å². The predicted octanol–water partition coefficient (Wildman–Crippen LogP) is 4.35. The topological polar surface area (TPSA) is 28.7 Å². The van der Waals surface area contributed by atoms with E-state index in [-0.39, 0.29) is 5.02 Å². The highest BCUT2D eigenvalue weighted by Crippen LogP contribution is 2.22. The van der Waals surface area contributed by atoms with E-state index in [9.17, 15) is 4.39 Å². The van der Waals surface area contributed by atoms with E-state index in [1.165, 1.54) is 6.07 Å². The number of aromatic nitrogens is 1. The Labute approximate surface area is 120 Å². The van der Waals surface area contributed by atoms with E-state index in [0.717, 1.165) is 10.9 Å². The highest BCUT2D eigenvalue weighted by atomic mass is 35.5. The van der Waals surface area contributed by atoms with Crippen LogP contribution in [0.4, 0.5) is 4.39 Å². The number of nitriles is 1. The molecule has 0 saturated heterocycles. The summed E-state index contributed by atoms with van der Waals surface area (Å²) in [5.74, 6) is -0.396. The van der Waals surface area contributed by atoms with Gasteiger partial charge >= 0.3 is 0 Å². The van der Waals surface area contributed by atoms with Gasteiger partial charge in [-0.15, -0.1) is 0 Å². The van der Waals surface area contributed by atoms with Gasteiger partial charge in [-0.1, -0.05) is 29.8 Å². The van der Waals surface area contributed by atoms with Crippen molar-refractivity contribution in [3.05, 3.63) is 70.6 Å². The lowest BCUT2D eigenvalue weighted by Gasteiger charge is -2.08. The van der Waals surface area contributed by atoms with Crippen molar-refractivity contribution in [3.63, 3.8) is 0 Å². The van der Waals surface area contributed by atoms with Crippen molar-refractivity contribution in [1.82, 2.24) is 4.57 Å². The summed E-state index contributed by atoms with van der Waals surface area (Å²) in [5.41, 5.74) is 2.02. The van der Waals surface area contributed by atoms with E-state index in [4.69, 9.17) is 16.9 Å². The summed E-state index contributed by atoms with van der Waals surface area (Å²) < 4.78 is 15.8. The first kappa shape index (κ1) is 12.7. The van der Waals surface area contributed by atoms with Gasteiger partial charge in [0.25, 0.3) is 0 Å². The summed E-state index contributed by atoms with van der Waals surface area (Å²) in [7, 11) is 0. The molecule has 4 heteroatoms. The lowest BCUT2D eigenvalue weighted by atomic mass is 10.1. The van der Waals surface area contributed by atoms with Gasteiger partial charge < -0.3 is 4.57 Å². The molecule has 3 aromatic rings. The van der Waals surface area contributed by atoms with E-state index in [1.54, 1.807) is 24.3 Å². The normalized spacial score (nSPS) is 10.7. The molecular formula is C16H10ClFN2. The Morgan fingerprint density at radius 2 is 2.05 bits per heavy atom. The Balaban J connectivity index is 2.07. The van der Waals surface area contributed by atoms with Crippen LogP contribution in [0.15, 0.2) is 48.7 Å². The molecule has 0 radical (unpaired) electrons. The van der Waals surface area contributed by atoms with Crippen LogP contribution in [0.3, 0.4) is 0 Å². The van der Waals surface area contributed by atoms with Crippen molar-refractivity contribution in [3.8, 4) is 6.07 Å². The van der Waals surface area contributed by atoms with Crippen LogP contribution in [-0.2, 0) is 6.54 Å². The van der Waals surface area contributed by atoms with E-state index in [0.29, 0.717) is 17.7 Å². The maximum atomic E-state index is 13.9. The molecule has 0 saturated carbocycles. The molecule has 20 heavy (non-hydrogen) atoms. The summed E-state index contributed by atoms with van der Waals surface area (Å²) in [6.45, 7) is 0.380. The quantitative estimate of drug-likeness (QED) is 0.687. The van der Waals surface area contributed by atoms with E-state index in [2.05, 4.69) is 6.07 Å². The minimum atomic E-state index is -0.396. The first-order valence-corrected chi connectivity index (χ1v) is 6.49. The second-order valence-corrected chi connectivity index (χ2v) is 4.95. The Morgan fingerprint density at radius 1 is 1.20 bits per heavy atom. The molecule has 0 aliphatic rings. The van der Waals surface area contributed by atoms with Crippen molar-refractivity contribution >= 4 is 22.5 Å². The number of benzene rings is 2. The number of halogens is 2. The zero-order chi connectivity index (χ0) is 14.1. The lowest BCUT2D eigenvalue weighted by molar-refractivity contribution is 0.602. The molecule has 0 unspecified atom stereocenters. The van der Waals surface area contributed by atoms with Crippen molar-refractivity contribution in [2.24, 2.45) is 0 Å². The number of fused-ring (bicyclic) bond motifs is 1. The molecule has 0 N–H and O–H groups in total. The smallest absolute Gasteiger partial charge is 0.146 e. The molecule has 1 aromatic heterocycles. The molecule has 0 spiro atoms. The average Bonchev–Trinajstić information content (AvgIpc) is 2.86. The van der Waals surface area contributed by atoms with Gasteiger partial charge in [-0.05, 0) is 29.7 Å². The van der Waals surface area contributed by atoms with Gasteiger partial charge in [-0.2, -0.15) is 5.26 Å². The molecule has 0 aliphatic carbocycles. The molecule has 0 aliphatic heterocycles. The van der Waals surface area contributed by atoms with Crippen LogP contribution >= 0.6 is 11.6 Å². The third kappa shape index (κ3) is 2.15. The number of hydrogen-bond donors (Lipinski definition) is 0. The molecule has 0 amide bonds. The van der Waals surface area contributed by atoms with Gasteiger partial charge in [0, 0.05) is 17.3 Å². The summed E-state index contributed by atoms with van der Waals surface area (Å²) in [4.78, 5) is 0. The molecule has 2 nitrogen and oxygen atoms in total. The van der Waals surface area contributed by atoms with E-state index >= 15 is 0 Å². The number of nitrogens with zero attached hydrogens (tertiary/aromatic N) is 2. The zero-order valence-corrected chi connectivity index (χ0v) is 11.2. The van der Waals surface area contributed by atoms with Crippen LogP contribution in [0, 0.1) is 17.1 Å². The largest absolute Gasteiger partial charge is 0.343 e. The molecule has 1 heterocycles. The summed E-state index contributed by atoms with van der Waals surface area (Å²) in [6, 6.07) is 14.5. The number of rotatable bonds is 2. The van der Waals surface area contributed by atoms with Gasteiger partial charge in [0.15, 0.2) is 0 Å². The molecular weight excluding hydrogens is 275 g/mol. The zero-order valence-electron chi connectivity index (χ0n) is 10.5. The predicted molar refractivity (Wildman–Crippen MR) is 77.2 cm³/mol. The van der Waals surface area contributed by atoms with Gasteiger partial charge in [0.1, 0.15) is 5.82 Å². The van der Waals surface area contributed by atoms with Gasteiger partial charge in [0.05, 0.1) is 23.2 Å².